The smallest absolute Gasteiger partial charge is 0.237 e. The molecule has 110 valence electrons. The number of anilines is 1. The van der Waals surface area contributed by atoms with Crippen LogP contribution in [0.1, 0.15) is 6.92 Å². The predicted molar refractivity (Wildman–Crippen MR) is 84.0 cm³/mol. The van der Waals surface area contributed by atoms with E-state index in [1.54, 1.807) is 43.6 Å². The largest absolute Gasteiger partial charge is 0.495 e. The number of aromatic nitrogens is 2. The minimum Gasteiger partial charge on any atom is -0.495 e. The normalized spacial score (nSPS) is 11.8. The van der Waals surface area contributed by atoms with Gasteiger partial charge in [0.2, 0.25) is 5.91 Å². The molecular weight excluding hydrogens is 310 g/mol. The van der Waals surface area contributed by atoms with E-state index in [9.17, 15) is 4.79 Å². The van der Waals surface area contributed by atoms with E-state index < -0.39 is 0 Å². The second-order valence-electron chi connectivity index (χ2n) is 4.13. The Kier molecular flexibility index (Phi) is 5.41. The van der Waals surface area contributed by atoms with Crippen LogP contribution in [-0.4, -0.2) is 28.2 Å². The van der Waals surface area contributed by atoms with Crippen molar-refractivity contribution in [3.05, 3.63) is 41.7 Å². The van der Waals surface area contributed by atoms with Crippen LogP contribution in [0.25, 0.3) is 0 Å². The van der Waals surface area contributed by atoms with Crippen LogP contribution in [0.2, 0.25) is 5.02 Å². The van der Waals surface area contributed by atoms with Gasteiger partial charge in [-0.05, 0) is 31.2 Å². The molecule has 0 radical (unpaired) electrons. The summed E-state index contributed by atoms with van der Waals surface area (Å²) in [5.41, 5.74) is 0.538. The lowest BCUT2D eigenvalue weighted by Gasteiger charge is -2.13. The third kappa shape index (κ3) is 4.34. The first-order valence-electron chi connectivity index (χ1n) is 6.18. The summed E-state index contributed by atoms with van der Waals surface area (Å²) in [4.78, 5) is 20.4. The molecule has 2 aromatic rings. The van der Waals surface area contributed by atoms with Crippen molar-refractivity contribution in [2.24, 2.45) is 0 Å². The molecule has 0 fully saturated rings. The van der Waals surface area contributed by atoms with Crippen LogP contribution in [-0.2, 0) is 4.79 Å². The number of ether oxygens (including phenoxy) is 1. The average molecular weight is 324 g/mol. The van der Waals surface area contributed by atoms with E-state index in [4.69, 9.17) is 16.3 Å². The fourth-order valence-corrected chi connectivity index (χ4v) is 2.47. The fraction of sp³-hybridized carbons (Fsp3) is 0.214. The van der Waals surface area contributed by atoms with Crippen molar-refractivity contribution in [1.29, 1.82) is 0 Å². The summed E-state index contributed by atoms with van der Waals surface area (Å²) < 4.78 is 5.19. The van der Waals surface area contributed by atoms with E-state index in [0.29, 0.717) is 21.6 Å². The Morgan fingerprint density at radius 2 is 2.10 bits per heavy atom. The number of hydrogen-bond donors (Lipinski definition) is 1. The highest BCUT2D eigenvalue weighted by molar-refractivity contribution is 8.00. The maximum Gasteiger partial charge on any atom is 0.237 e. The molecule has 0 aliphatic carbocycles. The number of nitrogens with one attached hydrogen (secondary N) is 1. The standard InChI is InChI=1S/C14H14ClN3O2S/c1-9(21-14-16-6-3-7-17-14)13(19)18-11-8-10(15)4-5-12(11)20-2/h3-9H,1-2H3,(H,18,19)/t9-/m1/s1. The van der Waals surface area contributed by atoms with Gasteiger partial charge in [-0.15, -0.1) is 0 Å². The van der Waals surface area contributed by atoms with Crippen molar-refractivity contribution in [3.63, 3.8) is 0 Å². The van der Waals surface area contributed by atoms with Gasteiger partial charge >= 0.3 is 0 Å². The third-order valence-corrected chi connectivity index (χ3v) is 3.84. The molecule has 21 heavy (non-hydrogen) atoms. The molecule has 1 atom stereocenters. The first kappa shape index (κ1) is 15.6. The SMILES string of the molecule is COc1ccc(Cl)cc1NC(=O)[C@@H](C)Sc1ncccn1. The van der Waals surface area contributed by atoms with Gasteiger partial charge in [0.05, 0.1) is 18.0 Å². The molecule has 1 aromatic carbocycles. The van der Waals surface area contributed by atoms with Crippen LogP contribution in [0.15, 0.2) is 41.8 Å². The Bertz CT molecular complexity index is 625. The van der Waals surface area contributed by atoms with Gasteiger partial charge in [-0.3, -0.25) is 4.79 Å². The summed E-state index contributed by atoms with van der Waals surface area (Å²) in [6.07, 6.45) is 3.28. The molecule has 0 saturated carbocycles. The highest BCUT2D eigenvalue weighted by atomic mass is 35.5. The maximum atomic E-state index is 12.2. The van der Waals surface area contributed by atoms with Gasteiger partial charge in [0.1, 0.15) is 5.75 Å². The van der Waals surface area contributed by atoms with Gasteiger partial charge in [-0.2, -0.15) is 0 Å². The zero-order valence-electron chi connectivity index (χ0n) is 11.5. The zero-order chi connectivity index (χ0) is 15.2. The topological polar surface area (TPSA) is 64.1 Å². The highest BCUT2D eigenvalue weighted by Gasteiger charge is 2.17. The molecule has 1 amide bonds. The number of halogens is 1. The van der Waals surface area contributed by atoms with Crippen molar-refractivity contribution < 1.29 is 9.53 Å². The Morgan fingerprint density at radius 1 is 1.38 bits per heavy atom. The number of methoxy groups -OCH3 is 1. The Morgan fingerprint density at radius 3 is 2.76 bits per heavy atom. The van der Waals surface area contributed by atoms with Gasteiger partial charge in [0.15, 0.2) is 5.16 Å². The molecule has 1 heterocycles. The zero-order valence-corrected chi connectivity index (χ0v) is 13.1. The van der Waals surface area contributed by atoms with Crippen molar-refractivity contribution in [3.8, 4) is 5.75 Å². The second kappa shape index (κ2) is 7.28. The Labute approximate surface area is 132 Å². The van der Waals surface area contributed by atoms with E-state index in [1.807, 2.05) is 0 Å². The summed E-state index contributed by atoms with van der Waals surface area (Å²) >= 11 is 7.22. The Hall–Kier alpha value is -1.79. The number of amides is 1. The lowest BCUT2D eigenvalue weighted by atomic mass is 10.3. The fourth-order valence-electron chi connectivity index (χ4n) is 1.57. The van der Waals surface area contributed by atoms with Gasteiger partial charge < -0.3 is 10.1 Å². The summed E-state index contributed by atoms with van der Waals surface area (Å²) in [7, 11) is 1.54. The molecule has 1 aromatic heterocycles. The summed E-state index contributed by atoms with van der Waals surface area (Å²) in [6, 6.07) is 6.78. The van der Waals surface area contributed by atoms with E-state index in [1.165, 1.54) is 18.9 Å². The lowest BCUT2D eigenvalue weighted by Crippen LogP contribution is -2.23. The molecule has 2 rings (SSSR count). The monoisotopic (exact) mass is 323 g/mol. The lowest BCUT2D eigenvalue weighted by molar-refractivity contribution is -0.115. The van der Waals surface area contributed by atoms with E-state index in [-0.39, 0.29) is 11.2 Å². The molecule has 0 aliphatic rings. The van der Waals surface area contributed by atoms with Gasteiger partial charge in [0, 0.05) is 17.4 Å². The third-order valence-electron chi connectivity index (χ3n) is 2.61. The molecule has 7 heteroatoms. The number of benzene rings is 1. The van der Waals surface area contributed by atoms with E-state index in [2.05, 4.69) is 15.3 Å². The van der Waals surface area contributed by atoms with Gasteiger partial charge in [0.25, 0.3) is 0 Å². The molecular formula is C14H14ClN3O2S. The van der Waals surface area contributed by atoms with E-state index in [0.717, 1.165) is 0 Å². The molecule has 0 unspecified atom stereocenters. The predicted octanol–water partition coefficient (Wildman–Crippen LogP) is 3.26. The number of hydrogen-bond acceptors (Lipinski definition) is 5. The van der Waals surface area contributed by atoms with Gasteiger partial charge in [-0.25, -0.2) is 9.97 Å². The number of rotatable bonds is 5. The van der Waals surface area contributed by atoms with Crippen LogP contribution in [0.5, 0.6) is 5.75 Å². The molecule has 1 N–H and O–H groups in total. The minimum absolute atomic E-state index is 0.173. The summed E-state index contributed by atoms with van der Waals surface area (Å²) in [5, 5.41) is 3.53. The van der Waals surface area contributed by atoms with Crippen LogP contribution in [0.3, 0.4) is 0 Å². The van der Waals surface area contributed by atoms with Crippen molar-refractivity contribution in [1.82, 2.24) is 9.97 Å². The quantitative estimate of drug-likeness (QED) is 0.676. The van der Waals surface area contributed by atoms with Crippen molar-refractivity contribution >= 4 is 35.0 Å². The van der Waals surface area contributed by atoms with Gasteiger partial charge in [-0.1, -0.05) is 23.4 Å². The summed E-state index contributed by atoms with van der Waals surface area (Å²) in [6.45, 7) is 1.79. The number of carbonyl (C=O) groups is 1. The Balaban J connectivity index is 2.05. The summed E-state index contributed by atoms with van der Waals surface area (Å²) in [5.74, 6) is 0.383. The first-order valence-corrected chi connectivity index (χ1v) is 7.44. The number of nitrogens with zero attached hydrogens (tertiary/aromatic N) is 2. The molecule has 0 aliphatic heterocycles. The highest BCUT2D eigenvalue weighted by Crippen LogP contribution is 2.29. The molecule has 0 spiro atoms. The average Bonchev–Trinajstić information content (AvgIpc) is 2.48. The van der Waals surface area contributed by atoms with Crippen LogP contribution in [0.4, 0.5) is 5.69 Å². The number of carbonyl (C=O) groups excluding carboxylic acids is 1. The van der Waals surface area contributed by atoms with Crippen molar-refractivity contribution in [2.75, 3.05) is 12.4 Å². The number of thioether (sulfide) groups is 1. The molecule has 0 saturated heterocycles. The molecule has 5 nitrogen and oxygen atoms in total. The molecule has 0 bridgehead atoms. The van der Waals surface area contributed by atoms with Crippen LogP contribution < -0.4 is 10.1 Å². The van der Waals surface area contributed by atoms with E-state index >= 15 is 0 Å². The van der Waals surface area contributed by atoms with Crippen LogP contribution in [0, 0.1) is 0 Å². The maximum absolute atomic E-state index is 12.2. The second-order valence-corrected chi connectivity index (χ2v) is 5.87. The minimum atomic E-state index is -0.351. The van der Waals surface area contributed by atoms with Crippen molar-refractivity contribution in [2.45, 2.75) is 17.3 Å². The first-order chi connectivity index (χ1) is 10.1. The van der Waals surface area contributed by atoms with Crippen LogP contribution >= 0.6 is 23.4 Å².